The van der Waals surface area contributed by atoms with Gasteiger partial charge in [-0.1, -0.05) is 0 Å². The summed E-state index contributed by atoms with van der Waals surface area (Å²) in [6.45, 7) is 0. The number of aromatic nitrogens is 1. The molecule has 6 heteroatoms. The first-order valence-corrected chi connectivity index (χ1v) is 5.39. The lowest BCUT2D eigenvalue weighted by molar-refractivity contribution is 0.0955. The van der Waals surface area contributed by atoms with E-state index in [4.69, 9.17) is 0 Å². The van der Waals surface area contributed by atoms with E-state index in [9.17, 15) is 14.3 Å². The Kier molecular flexibility index (Phi) is 3.82. The fraction of sp³-hybridized carbons (Fsp3) is 0. The molecule has 0 aliphatic heterocycles. The predicted octanol–water partition coefficient (Wildman–Crippen LogP) is 1.69. The monoisotopic (exact) mass is 259 g/mol. The third-order valence-electron chi connectivity index (χ3n) is 2.30. The van der Waals surface area contributed by atoms with Gasteiger partial charge in [0.15, 0.2) is 0 Å². The highest BCUT2D eigenvalue weighted by molar-refractivity contribution is 5.94. The number of nitrogens with zero attached hydrogens (tertiary/aromatic N) is 2. The number of benzene rings is 1. The van der Waals surface area contributed by atoms with Gasteiger partial charge >= 0.3 is 0 Å². The van der Waals surface area contributed by atoms with Gasteiger partial charge in [0, 0.05) is 29.6 Å². The molecule has 0 fully saturated rings. The summed E-state index contributed by atoms with van der Waals surface area (Å²) in [5, 5.41) is 13.1. The molecule has 1 aromatic heterocycles. The molecule has 0 saturated carbocycles. The molecule has 0 radical (unpaired) electrons. The van der Waals surface area contributed by atoms with Crippen LogP contribution in [0.3, 0.4) is 0 Å². The van der Waals surface area contributed by atoms with Crippen molar-refractivity contribution in [3.63, 3.8) is 0 Å². The van der Waals surface area contributed by atoms with Gasteiger partial charge in [0.25, 0.3) is 5.91 Å². The van der Waals surface area contributed by atoms with Gasteiger partial charge in [0.05, 0.1) is 6.21 Å². The van der Waals surface area contributed by atoms with Crippen LogP contribution in [-0.4, -0.2) is 22.2 Å². The number of aromatic hydroxyl groups is 1. The van der Waals surface area contributed by atoms with Crippen molar-refractivity contribution < 1.29 is 14.3 Å². The first-order valence-electron chi connectivity index (χ1n) is 5.39. The lowest BCUT2D eigenvalue weighted by Gasteiger charge is -2.00. The van der Waals surface area contributed by atoms with Crippen molar-refractivity contribution in [1.82, 2.24) is 10.4 Å². The van der Waals surface area contributed by atoms with Crippen molar-refractivity contribution in [2.75, 3.05) is 0 Å². The van der Waals surface area contributed by atoms with Crippen LogP contribution in [0.1, 0.15) is 15.9 Å². The van der Waals surface area contributed by atoms with Crippen molar-refractivity contribution in [3.8, 4) is 5.75 Å². The van der Waals surface area contributed by atoms with Crippen molar-refractivity contribution in [3.05, 3.63) is 59.7 Å². The minimum absolute atomic E-state index is 0.248. The van der Waals surface area contributed by atoms with Crippen molar-refractivity contribution in [2.24, 2.45) is 5.10 Å². The van der Waals surface area contributed by atoms with Crippen LogP contribution in [0.5, 0.6) is 5.75 Å². The minimum Gasteiger partial charge on any atom is -0.507 e. The molecule has 0 spiro atoms. The molecule has 1 aromatic carbocycles. The van der Waals surface area contributed by atoms with Crippen molar-refractivity contribution in [2.45, 2.75) is 0 Å². The van der Waals surface area contributed by atoms with Gasteiger partial charge in [-0.3, -0.25) is 9.78 Å². The number of rotatable bonds is 3. The molecule has 0 saturated heterocycles. The molecule has 2 rings (SSSR count). The number of amides is 1. The molecule has 1 heterocycles. The van der Waals surface area contributed by atoms with E-state index in [1.807, 2.05) is 0 Å². The molecule has 0 bridgehead atoms. The smallest absolute Gasteiger partial charge is 0.271 e. The highest BCUT2D eigenvalue weighted by Gasteiger charge is 2.03. The molecule has 0 atom stereocenters. The summed E-state index contributed by atoms with van der Waals surface area (Å²) in [5.74, 6) is -1.20. The lowest BCUT2D eigenvalue weighted by atomic mass is 10.2. The van der Waals surface area contributed by atoms with Gasteiger partial charge in [-0.05, 0) is 24.3 Å². The van der Waals surface area contributed by atoms with Crippen LogP contribution in [0.25, 0.3) is 0 Å². The SMILES string of the molecule is O=C(N/N=C/c1ccc(F)cc1O)c1ccncc1. The average Bonchev–Trinajstić information content (AvgIpc) is 2.42. The fourth-order valence-electron chi connectivity index (χ4n) is 1.35. The number of nitrogens with one attached hydrogen (secondary N) is 1. The first-order chi connectivity index (χ1) is 9.16. The summed E-state index contributed by atoms with van der Waals surface area (Å²) in [7, 11) is 0. The molecule has 1 amide bonds. The summed E-state index contributed by atoms with van der Waals surface area (Å²) < 4.78 is 12.7. The zero-order valence-corrected chi connectivity index (χ0v) is 9.75. The highest BCUT2D eigenvalue weighted by atomic mass is 19.1. The van der Waals surface area contributed by atoms with Crippen LogP contribution in [0.4, 0.5) is 4.39 Å². The van der Waals surface area contributed by atoms with Crippen LogP contribution in [0, 0.1) is 5.82 Å². The first kappa shape index (κ1) is 12.7. The second-order valence-corrected chi connectivity index (χ2v) is 3.64. The van der Waals surface area contributed by atoms with Crippen molar-refractivity contribution >= 4 is 12.1 Å². The molecule has 19 heavy (non-hydrogen) atoms. The van der Waals surface area contributed by atoms with Gasteiger partial charge < -0.3 is 5.11 Å². The van der Waals surface area contributed by atoms with Gasteiger partial charge in [0.1, 0.15) is 11.6 Å². The molecule has 2 N–H and O–H groups in total. The molecule has 2 aromatic rings. The maximum atomic E-state index is 12.7. The molecular weight excluding hydrogens is 249 g/mol. The lowest BCUT2D eigenvalue weighted by Crippen LogP contribution is -2.17. The quantitative estimate of drug-likeness (QED) is 0.650. The molecule has 0 aliphatic rings. The molecule has 5 nitrogen and oxygen atoms in total. The fourth-order valence-corrected chi connectivity index (χ4v) is 1.35. The van der Waals surface area contributed by atoms with Crippen LogP contribution >= 0.6 is 0 Å². The van der Waals surface area contributed by atoms with Crippen LogP contribution < -0.4 is 5.43 Å². The maximum Gasteiger partial charge on any atom is 0.271 e. The van der Waals surface area contributed by atoms with Crippen LogP contribution in [-0.2, 0) is 0 Å². The van der Waals surface area contributed by atoms with E-state index in [0.29, 0.717) is 11.1 Å². The van der Waals surface area contributed by atoms with Crippen molar-refractivity contribution in [1.29, 1.82) is 0 Å². The number of pyridine rings is 1. The largest absolute Gasteiger partial charge is 0.507 e. The second-order valence-electron chi connectivity index (χ2n) is 3.64. The van der Waals surface area contributed by atoms with E-state index in [2.05, 4.69) is 15.5 Å². The zero-order valence-electron chi connectivity index (χ0n) is 9.75. The number of halogens is 1. The predicted molar refractivity (Wildman–Crippen MR) is 67.4 cm³/mol. The third-order valence-corrected chi connectivity index (χ3v) is 2.30. The number of hydrogen-bond acceptors (Lipinski definition) is 4. The normalized spacial score (nSPS) is 10.6. The van der Waals surface area contributed by atoms with E-state index in [0.717, 1.165) is 6.07 Å². The maximum absolute atomic E-state index is 12.7. The van der Waals surface area contributed by atoms with E-state index in [1.165, 1.54) is 30.7 Å². The Morgan fingerprint density at radius 1 is 1.32 bits per heavy atom. The Balaban J connectivity index is 2.02. The topological polar surface area (TPSA) is 74.6 Å². The van der Waals surface area contributed by atoms with Crippen LogP contribution in [0.2, 0.25) is 0 Å². The number of carbonyl (C=O) groups excluding carboxylic acids is 1. The average molecular weight is 259 g/mol. The number of phenols is 1. The Hall–Kier alpha value is -2.76. The van der Waals surface area contributed by atoms with E-state index >= 15 is 0 Å². The van der Waals surface area contributed by atoms with Gasteiger partial charge in [-0.15, -0.1) is 0 Å². The van der Waals surface area contributed by atoms with E-state index in [1.54, 1.807) is 12.1 Å². The molecule has 0 aliphatic carbocycles. The number of hydrazone groups is 1. The zero-order chi connectivity index (χ0) is 13.7. The molecule has 0 unspecified atom stereocenters. The Labute approximate surface area is 108 Å². The number of phenolic OH excluding ortho intramolecular Hbond substituents is 1. The van der Waals surface area contributed by atoms with E-state index in [-0.39, 0.29) is 5.75 Å². The van der Waals surface area contributed by atoms with Gasteiger partial charge in [-0.2, -0.15) is 5.10 Å². The van der Waals surface area contributed by atoms with Crippen LogP contribution in [0.15, 0.2) is 47.8 Å². The Bertz CT molecular complexity index is 615. The molecular formula is C13H10FN3O2. The number of carbonyl (C=O) groups is 1. The minimum atomic E-state index is -0.546. The van der Waals surface area contributed by atoms with Gasteiger partial charge in [0.2, 0.25) is 0 Å². The summed E-state index contributed by atoms with van der Waals surface area (Å²) in [6.07, 6.45) is 4.21. The second kappa shape index (κ2) is 5.72. The summed E-state index contributed by atoms with van der Waals surface area (Å²) in [6, 6.07) is 6.59. The third kappa shape index (κ3) is 3.35. The molecule has 96 valence electrons. The Morgan fingerprint density at radius 2 is 2.05 bits per heavy atom. The summed E-state index contributed by atoms with van der Waals surface area (Å²) in [5.41, 5.74) is 3.00. The Morgan fingerprint density at radius 3 is 2.74 bits per heavy atom. The number of hydrogen-bond donors (Lipinski definition) is 2. The van der Waals surface area contributed by atoms with Gasteiger partial charge in [-0.25, -0.2) is 9.82 Å². The summed E-state index contributed by atoms with van der Waals surface area (Å²) in [4.78, 5) is 15.4. The standard InChI is InChI=1S/C13H10FN3O2/c14-11-2-1-10(12(18)7-11)8-16-17-13(19)9-3-5-15-6-4-9/h1-8,18H,(H,17,19)/b16-8+. The van der Waals surface area contributed by atoms with E-state index < -0.39 is 11.7 Å². The highest BCUT2D eigenvalue weighted by Crippen LogP contribution is 2.15. The summed E-state index contributed by atoms with van der Waals surface area (Å²) >= 11 is 0.